The normalized spacial score (nSPS) is 19.0. The Hall–Kier alpha value is -2.24. The van der Waals surface area contributed by atoms with Crippen molar-refractivity contribution in [3.63, 3.8) is 0 Å². The number of fused-ring (bicyclic) bond motifs is 1. The van der Waals surface area contributed by atoms with E-state index in [4.69, 9.17) is 0 Å². The smallest absolute Gasteiger partial charge is 0.272 e. The van der Waals surface area contributed by atoms with E-state index in [-0.39, 0.29) is 27.6 Å². The molecule has 1 aromatic carbocycles. The third kappa shape index (κ3) is 3.69. The van der Waals surface area contributed by atoms with E-state index in [0.717, 1.165) is 11.3 Å². The molecule has 1 saturated heterocycles. The largest absolute Gasteiger partial charge is 0.353 e. The Bertz CT molecular complexity index is 1220. The summed E-state index contributed by atoms with van der Waals surface area (Å²) in [6.45, 7) is 0. The van der Waals surface area contributed by atoms with E-state index >= 15 is 0 Å². The summed E-state index contributed by atoms with van der Waals surface area (Å²) in [5.74, 6) is 0.508. The number of nitrogens with zero attached hydrogens (tertiary/aromatic N) is 3. The molecule has 0 bridgehead atoms. The van der Waals surface area contributed by atoms with E-state index in [1.54, 1.807) is 41.6 Å². The molecule has 3 heterocycles. The maximum atomic E-state index is 12.7. The number of sulfone groups is 1. The summed E-state index contributed by atoms with van der Waals surface area (Å²) in [6, 6.07) is 10.0. The summed E-state index contributed by atoms with van der Waals surface area (Å²) in [5, 5.41) is 1.68. The first-order valence-corrected chi connectivity index (χ1v) is 12.7. The quantitative estimate of drug-likeness (QED) is 0.650. The summed E-state index contributed by atoms with van der Waals surface area (Å²) < 4.78 is 51.9. The Kier molecular flexibility index (Phi) is 4.76. The lowest BCUT2D eigenvalue weighted by Gasteiger charge is -2.26. The molecule has 3 aromatic rings. The number of sulfonamides is 1. The molecule has 0 saturated carbocycles. The van der Waals surface area contributed by atoms with E-state index in [0.29, 0.717) is 23.3 Å². The van der Waals surface area contributed by atoms with Gasteiger partial charge in [0.1, 0.15) is 4.21 Å². The van der Waals surface area contributed by atoms with Gasteiger partial charge in [0.25, 0.3) is 10.0 Å². The van der Waals surface area contributed by atoms with Gasteiger partial charge in [0.2, 0.25) is 0 Å². The molecule has 2 aromatic heterocycles. The highest BCUT2D eigenvalue weighted by Crippen LogP contribution is 2.30. The molecule has 0 aliphatic carbocycles. The Morgan fingerprint density at radius 2 is 1.86 bits per heavy atom. The number of hydrogen-bond donors (Lipinski definition) is 1. The van der Waals surface area contributed by atoms with Crippen LogP contribution in [0.15, 0.2) is 46.0 Å². The van der Waals surface area contributed by atoms with Crippen LogP contribution in [0.3, 0.4) is 0 Å². The highest BCUT2D eigenvalue weighted by molar-refractivity contribution is 7.94. The number of anilines is 2. The minimum absolute atomic E-state index is 0.00905. The van der Waals surface area contributed by atoms with Gasteiger partial charge in [-0.2, -0.15) is 0 Å². The first kappa shape index (κ1) is 19.1. The monoisotopic (exact) mass is 438 g/mol. The standard InChI is InChI=1S/C17H18N4O4S3/c1-21(12-8-10-27(22,23)11-12)17-16(18-13-5-2-3-6-14(13)19-17)20-28(24,25)15-7-4-9-26-15/h2-7,9,12H,8,10-11H2,1H3,(H,18,20). The number of benzene rings is 1. The van der Waals surface area contributed by atoms with Gasteiger partial charge < -0.3 is 4.90 Å². The van der Waals surface area contributed by atoms with Crippen LogP contribution in [-0.4, -0.2) is 51.4 Å². The topological polar surface area (TPSA) is 109 Å². The van der Waals surface area contributed by atoms with Gasteiger partial charge in [-0.15, -0.1) is 11.3 Å². The molecule has 8 nitrogen and oxygen atoms in total. The molecule has 28 heavy (non-hydrogen) atoms. The van der Waals surface area contributed by atoms with Crippen LogP contribution >= 0.6 is 11.3 Å². The van der Waals surface area contributed by atoms with Gasteiger partial charge in [0, 0.05) is 13.1 Å². The summed E-state index contributed by atoms with van der Waals surface area (Å²) >= 11 is 1.10. The molecular formula is C17H18N4O4S3. The molecule has 0 spiro atoms. The van der Waals surface area contributed by atoms with Gasteiger partial charge in [-0.25, -0.2) is 26.8 Å². The van der Waals surface area contributed by atoms with Crippen molar-refractivity contribution >= 4 is 53.9 Å². The number of hydrogen-bond acceptors (Lipinski definition) is 8. The van der Waals surface area contributed by atoms with E-state index in [9.17, 15) is 16.8 Å². The molecule has 0 amide bonds. The molecule has 0 radical (unpaired) electrons. The van der Waals surface area contributed by atoms with Crippen molar-refractivity contribution in [3.8, 4) is 0 Å². The molecule has 1 unspecified atom stereocenters. The second-order valence-electron chi connectivity index (χ2n) is 6.59. The van der Waals surface area contributed by atoms with Crippen molar-refractivity contribution in [1.29, 1.82) is 0 Å². The predicted octanol–water partition coefficient (Wildman–Crippen LogP) is 2.12. The van der Waals surface area contributed by atoms with Gasteiger partial charge in [-0.3, -0.25) is 4.72 Å². The maximum Gasteiger partial charge on any atom is 0.272 e. The number of nitrogens with one attached hydrogen (secondary N) is 1. The molecule has 4 rings (SSSR count). The van der Waals surface area contributed by atoms with Crippen molar-refractivity contribution in [2.75, 3.05) is 28.2 Å². The second kappa shape index (κ2) is 6.98. The van der Waals surface area contributed by atoms with Gasteiger partial charge in [-0.05, 0) is 30.0 Å². The van der Waals surface area contributed by atoms with Crippen LogP contribution in [0.25, 0.3) is 11.0 Å². The lowest BCUT2D eigenvalue weighted by Crippen LogP contribution is -2.34. The van der Waals surface area contributed by atoms with Gasteiger partial charge in [-0.1, -0.05) is 18.2 Å². The van der Waals surface area contributed by atoms with E-state index in [1.165, 1.54) is 6.07 Å². The summed E-state index contributed by atoms with van der Waals surface area (Å²) in [4.78, 5) is 10.7. The Labute approximate surface area is 167 Å². The van der Waals surface area contributed by atoms with Crippen molar-refractivity contribution in [1.82, 2.24) is 9.97 Å². The van der Waals surface area contributed by atoms with Crippen LogP contribution in [0, 0.1) is 0 Å². The lowest BCUT2D eigenvalue weighted by atomic mass is 10.2. The predicted molar refractivity (Wildman–Crippen MR) is 110 cm³/mol. The Morgan fingerprint density at radius 3 is 2.46 bits per heavy atom. The fourth-order valence-electron chi connectivity index (χ4n) is 3.15. The molecule has 1 fully saturated rings. The summed E-state index contributed by atoms with van der Waals surface area (Å²) in [6.07, 6.45) is 0.463. The summed E-state index contributed by atoms with van der Waals surface area (Å²) in [5.41, 5.74) is 1.15. The van der Waals surface area contributed by atoms with Gasteiger partial charge >= 0.3 is 0 Å². The SMILES string of the molecule is CN(c1nc2ccccc2nc1NS(=O)(=O)c1cccs1)C1CCS(=O)(=O)C1. The van der Waals surface area contributed by atoms with Crippen molar-refractivity contribution < 1.29 is 16.8 Å². The third-order valence-corrected chi connectivity index (χ3v) is 9.12. The van der Waals surface area contributed by atoms with Gasteiger partial charge in [0.05, 0.1) is 22.5 Å². The number of thiophene rings is 1. The van der Waals surface area contributed by atoms with Crippen LogP contribution in [0.2, 0.25) is 0 Å². The summed E-state index contributed by atoms with van der Waals surface area (Å²) in [7, 11) is -5.21. The zero-order valence-electron chi connectivity index (χ0n) is 14.9. The maximum absolute atomic E-state index is 12.7. The van der Waals surface area contributed by atoms with Crippen LogP contribution in [0.5, 0.6) is 0 Å². The Balaban J connectivity index is 1.79. The zero-order chi connectivity index (χ0) is 19.9. The van der Waals surface area contributed by atoms with E-state index in [1.807, 2.05) is 6.07 Å². The molecule has 148 valence electrons. The highest BCUT2D eigenvalue weighted by Gasteiger charge is 2.33. The second-order valence-corrected chi connectivity index (χ2v) is 11.7. The third-order valence-electron chi connectivity index (χ3n) is 4.63. The first-order valence-electron chi connectivity index (χ1n) is 8.51. The molecule has 11 heteroatoms. The van der Waals surface area contributed by atoms with E-state index < -0.39 is 19.9 Å². The van der Waals surface area contributed by atoms with Gasteiger partial charge in [0.15, 0.2) is 21.5 Å². The number of rotatable bonds is 5. The van der Waals surface area contributed by atoms with Crippen molar-refractivity contribution in [2.24, 2.45) is 0 Å². The fraction of sp³-hybridized carbons (Fsp3) is 0.294. The minimum Gasteiger partial charge on any atom is -0.353 e. The molecule has 1 aliphatic rings. The van der Waals surface area contributed by atoms with E-state index in [2.05, 4.69) is 14.7 Å². The van der Waals surface area contributed by atoms with Crippen molar-refractivity contribution in [2.45, 2.75) is 16.7 Å². The lowest BCUT2D eigenvalue weighted by molar-refractivity contribution is 0.599. The van der Waals surface area contributed by atoms with Crippen molar-refractivity contribution in [3.05, 3.63) is 41.8 Å². The molecule has 1 atom stereocenters. The van der Waals surface area contributed by atoms with Crippen LogP contribution in [-0.2, 0) is 19.9 Å². The highest BCUT2D eigenvalue weighted by atomic mass is 32.2. The number of para-hydroxylation sites is 2. The zero-order valence-corrected chi connectivity index (χ0v) is 17.4. The Morgan fingerprint density at radius 1 is 1.14 bits per heavy atom. The van der Waals surface area contributed by atoms with Crippen LogP contribution < -0.4 is 9.62 Å². The fourth-order valence-corrected chi connectivity index (χ4v) is 6.92. The molecular weight excluding hydrogens is 420 g/mol. The van der Waals surface area contributed by atoms with Crippen LogP contribution in [0.1, 0.15) is 6.42 Å². The number of aromatic nitrogens is 2. The average molecular weight is 439 g/mol. The first-order chi connectivity index (χ1) is 13.3. The molecule has 1 aliphatic heterocycles. The average Bonchev–Trinajstić information content (AvgIpc) is 3.30. The van der Waals surface area contributed by atoms with Crippen LogP contribution in [0.4, 0.5) is 11.6 Å². The molecule has 1 N–H and O–H groups in total. The minimum atomic E-state index is -3.82.